The molecule has 0 aliphatic rings. The Kier molecular flexibility index (Phi) is 8.26. The lowest BCUT2D eigenvalue weighted by molar-refractivity contribution is 0.0946. The highest BCUT2D eigenvalue weighted by molar-refractivity contribution is 5.94. The molecule has 0 bridgehead atoms. The van der Waals surface area contributed by atoms with Crippen LogP contribution in [0.1, 0.15) is 44.0 Å². The lowest BCUT2D eigenvalue weighted by atomic mass is 10.1. The van der Waals surface area contributed by atoms with Gasteiger partial charge in [-0.15, -0.1) is 12.4 Å². The minimum atomic E-state index is -0.404. The molecule has 0 saturated heterocycles. The van der Waals surface area contributed by atoms with Crippen LogP contribution >= 0.6 is 12.4 Å². The number of ether oxygens (including phenoxy) is 1. The van der Waals surface area contributed by atoms with Crippen molar-refractivity contribution in [2.45, 2.75) is 39.2 Å². The van der Waals surface area contributed by atoms with Crippen LogP contribution in [0.5, 0.6) is 5.75 Å². The van der Waals surface area contributed by atoms with Gasteiger partial charge < -0.3 is 15.8 Å². The third-order valence-electron chi connectivity index (χ3n) is 2.59. The van der Waals surface area contributed by atoms with E-state index in [1.165, 1.54) is 0 Å². The lowest BCUT2D eigenvalue weighted by Gasteiger charge is -2.18. The number of carbonyl (C=O) groups excluding carboxylic acids is 1. The summed E-state index contributed by atoms with van der Waals surface area (Å²) in [4.78, 5) is 11.9. The van der Waals surface area contributed by atoms with Crippen LogP contribution in [0, 0.1) is 0 Å². The Morgan fingerprint density at radius 1 is 1.30 bits per heavy atom. The van der Waals surface area contributed by atoms with Crippen molar-refractivity contribution in [3.63, 3.8) is 0 Å². The van der Waals surface area contributed by atoms with E-state index in [2.05, 4.69) is 12.2 Å². The number of nitrogens with two attached hydrogens (primary N) is 1. The van der Waals surface area contributed by atoms with Crippen LogP contribution < -0.4 is 15.8 Å². The van der Waals surface area contributed by atoms with Crippen molar-refractivity contribution in [3.05, 3.63) is 29.8 Å². The fraction of sp³-hybridized carbons (Fsp3) is 0.533. The van der Waals surface area contributed by atoms with Gasteiger partial charge in [-0.3, -0.25) is 4.79 Å². The predicted molar refractivity (Wildman–Crippen MR) is 84.7 cm³/mol. The number of hydrogen-bond donors (Lipinski definition) is 2. The molecule has 0 atom stereocenters. The number of halogens is 1. The van der Waals surface area contributed by atoms with Gasteiger partial charge in [0.05, 0.1) is 6.61 Å². The van der Waals surface area contributed by atoms with E-state index in [0.717, 1.165) is 18.6 Å². The molecule has 0 aliphatic heterocycles. The largest absolute Gasteiger partial charge is 0.494 e. The first-order chi connectivity index (χ1) is 8.92. The molecular formula is C15H25ClN2O2. The van der Waals surface area contributed by atoms with E-state index >= 15 is 0 Å². The number of carbonyl (C=O) groups is 1. The molecule has 0 fully saturated rings. The fourth-order valence-corrected chi connectivity index (χ4v) is 1.45. The molecule has 0 spiro atoms. The zero-order chi connectivity index (χ0) is 14.3. The second kappa shape index (κ2) is 8.82. The zero-order valence-corrected chi connectivity index (χ0v) is 13.3. The summed E-state index contributed by atoms with van der Waals surface area (Å²) in [5.74, 6) is 0.683. The number of benzene rings is 1. The van der Waals surface area contributed by atoms with Crippen molar-refractivity contribution >= 4 is 18.3 Å². The average molecular weight is 301 g/mol. The molecule has 3 N–H and O–H groups in total. The van der Waals surface area contributed by atoms with E-state index in [1.807, 2.05) is 26.0 Å². The summed E-state index contributed by atoms with van der Waals surface area (Å²) in [6.07, 6.45) is 2.14. The second-order valence-corrected chi connectivity index (χ2v) is 5.40. The number of unbranched alkanes of at least 4 members (excludes halogenated alkanes) is 1. The Bertz CT molecular complexity index is 399. The van der Waals surface area contributed by atoms with Gasteiger partial charge in [0.25, 0.3) is 5.91 Å². The van der Waals surface area contributed by atoms with Crippen molar-refractivity contribution in [1.29, 1.82) is 0 Å². The summed E-state index contributed by atoms with van der Waals surface area (Å²) in [5.41, 5.74) is 6.03. The molecule has 1 aromatic carbocycles. The Labute approximate surface area is 127 Å². The predicted octanol–water partition coefficient (Wildman–Crippen LogP) is 2.75. The van der Waals surface area contributed by atoms with Gasteiger partial charge in [-0.2, -0.15) is 0 Å². The first-order valence-corrected chi connectivity index (χ1v) is 6.72. The molecule has 5 heteroatoms. The molecule has 1 rings (SSSR count). The van der Waals surface area contributed by atoms with Gasteiger partial charge in [0.2, 0.25) is 0 Å². The smallest absolute Gasteiger partial charge is 0.251 e. The Morgan fingerprint density at radius 2 is 1.90 bits per heavy atom. The summed E-state index contributed by atoms with van der Waals surface area (Å²) in [6, 6.07) is 7.16. The molecule has 0 aromatic heterocycles. The number of nitrogens with one attached hydrogen (secondary N) is 1. The van der Waals surface area contributed by atoms with E-state index in [9.17, 15) is 4.79 Å². The maximum Gasteiger partial charge on any atom is 0.251 e. The van der Waals surface area contributed by atoms with E-state index in [-0.39, 0.29) is 18.3 Å². The topological polar surface area (TPSA) is 64.3 Å². The third kappa shape index (κ3) is 7.36. The quantitative estimate of drug-likeness (QED) is 0.761. The Hall–Kier alpha value is -1.26. The number of amides is 1. The second-order valence-electron chi connectivity index (χ2n) is 5.40. The highest BCUT2D eigenvalue weighted by atomic mass is 35.5. The fourth-order valence-electron chi connectivity index (χ4n) is 1.45. The average Bonchev–Trinajstić information content (AvgIpc) is 2.36. The normalized spacial score (nSPS) is 10.6. The summed E-state index contributed by atoms with van der Waals surface area (Å²) in [6.45, 7) is 7.02. The van der Waals surface area contributed by atoms with Crippen molar-refractivity contribution in [2.75, 3.05) is 13.2 Å². The highest BCUT2D eigenvalue weighted by Gasteiger charge is 2.13. The summed E-state index contributed by atoms with van der Waals surface area (Å²) >= 11 is 0. The number of rotatable bonds is 7. The van der Waals surface area contributed by atoms with E-state index < -0.39 is 5.54 Å². The molecule has 4 nitrogen and oxygen atoms in total. The van der Waals surface area contributed by atoms with Crippen molar-refractivity contribution in [2.24, 2.45) is 5.73 Å². The maximum atomic E-state index is 11.9. The SMILES string of the molecule is CCCCOc1ccc(C(=O)NCC(C)(C)N)cc1.Cl. The molecule has 1 aromatic rings. The standard InChI is InChI=1S/C15H24N2O2.ClH/c1-4-5-10-19-13-8-6-12(7-9-13)14(18)17-11-15(2,3)16;/h6-9H,4-5,10-11,16H2,1-3H3,(H,17,18);1H. The van der Waals surface area contributed by atoms with E-state index in [1.54, 1.807) is 12.1 Å². The van der Waals surface area contributed by atoms with Gasteiger partial charge in [-0.05, 0) is 44.5 Å². The van der Waals surface area contributed by atoms with Crippen LogP contribution in [0.3, 0.4) is 0 Å². The maximum absolute atomic E-state index is 11.9. The monoisotopic (exact) mass is 300 g/mol. The number of hydrogen-bond acceptors (Lipinski definition) is 3. The van der Waals surface area contributed by atoms with E-state index in [4.69, 9.17) is 10.5 Å². The molecule has 0 saturated carbocycles. The van der Waals surface area contributed by atoms with Gasteiger partial charge in [-0.1, -0.05) is 13.3 Å². The third-order valence-corrected chi connectivity index (χ3v) is 2.59. The zero-order valence-electron chi connectivity index (χ0n) is 12.4. The molecule has 0 aliphatic carbocycles. The van der Waals surface area contributed by atoms with Crippen molar-refractivity contribution in [1.82, 2.24) is 5.32 Å². The first kappa shape index (κ1) is 18.7. The van der Waals surface area contributed by atoms with Crippen molar-refractivity contribution in [3.8, 4) is 5.75 Å². The molecule has 0 radical (unpaired) electrons. The molecule has 0 heterocycles. The van der Waals surface area contributed by atoms with Crippen LogP contribution in [0.15, 0.2) is 24.3 Å². The van der Waals surface area contributed by atoms with Crippen LogP contribution in [0.2, 0.25) is 0 Å². The van der Waals surface area contributed by atoms with Crippen molar-refractivity contribution < 1.29 is 9.53 Å². The van der Waals surface area contributed by atoms with Gasteiger partial charge in [0.1, 0.15) is 5.75 Å². The van der Waals surface area contributed by atoms with E-state index in [0.29, 0.717) is 18.7 Å². The minimum Gasteiger partial charge on any atom is -0.494 e. The molecule has 114 valence electrons. The van der Waals surface area contributed by atoms with Gasteiger partial charge in [0, 0.05) is 17.6 Å². The molecular weight excluding hydrogens is 276 g/mol. The van der Waals surface area contributed by atoms with Crippen LogP contribution in [0.4, 0.5) is 0 Å². The summed E-state index contributed by atoms with van der Waals surface area (Å²) in [5, 5.41) is 2.81. The van der Waals surface area contributed by atoms with Gasteiger partial charge in [0.15, 0.2) is 0 Å². The minimum absolute atomic E-state index is 0. The van der Waals surface area contributed by atoms with Gasteiger partial charge in [-0.25, -0.2) is 0 Å². The van der Waals surface area contributed by atoms with Crippen LogP contribution in [-0.4, -0.2) is 24.6 Å². The lowest BCUT2D eigenvalue weighted by Crippen LogP contribution is -2.45. The first-order valence-electron chi connectivity index (χ1n) is 6.72. The molecule has 1 amide bonds. The van der Waals surface area contributed by atoms with Gasteiger partial charge >= 0.3 is 0 Å². The Morgan fingerprint density at radius 3 is 2.40 bits per heavy atom. The Balaban J connectivity index is 0.00000361. The highest BCUT2D eigenvalue weighted by Crippen LogP contribution is 2.12. The molecule has 0 unspecified atom stereocenters. The van der Waals surface area contributed by atoms with Crippen LogP contribution in [0.25, 0.3) is 0 Å². The molecule has 20 heavy (non-hydrogen) atoms. The summed E-state index contributed by atoms with van der Waals surface area (Å²) in [7, 11) is 0. The summed E-state index contributed by atoms with van der Waals surface area (Å²) < 4.78 is 5.54. The van der Waals surface area contributed by atoms with Crippen LogP contribution in [-0.2, 0) is 0 Å².